The first-order chi connectivity index (χ1) is 12.3. The number of hydrogen-bond donors (Lipinski definition) is 2. The van der Waals surface area contributed by atoms with Crippen molar-refractivity contribution in [1.29, 1.82) is 0 Å². The molecule has 2 aliphatic rings. The lowest BCUT2D eigenvalue weighted by molar-refractivity contribution is -0.135. The van der Waals surface area contributed by atoms with Crippen molar-refractivity contribution < 1.29 is 14.4 Å². The summed E-state index contributed by atoms with van der Waals surface area (Å²) < 4.78 is 0. The fourth-order valence-electron chi connectivity index (χ4n) is 4.40. The molecule has 1 spiro atoms. The molecule has 1 saturated heterocycles. The van der Waals surface area contributed by atoms with E-state index in [1.807, 2.05) is 13.0 Å². The predicted molar refractivity (Wildman–Crippen MR) is 97.4 cm³/mol. The average molecular weight is 358 g/mol. The van der Waals surface area contributed by atoms with Crippen molar-refractivity contribution in [3.63, 3.8) is 0 Å². The van der Waals surface area contributed by atoms with Crippen LogP contribution in [0.1, 0.15) is 45.6 Å². The second-order valence-electron chi connectivity index (χ2n) is 7.69. The molecule has 140 valence electrons. The van der Waals surface area contributed by atoms with Gasteiger partial charge in [-0.3, -0.25) is 19.5 Å². The Kier molecular flexibility index (Phi) is 4.98. The summed E-state index contributed by atoms with van der Waals surface area (Å²) in [7, 11) is 0. The predicted octanol–water partition coefficient (Wildman–Crippen LogP) is 2.33. The molecule has 4 amide bonds. The highest BCUT2D eigenvalue weighted by molar-refractivity contribution is 6.10. The van der Waals surface area contributed by atoms with Crippen LogP contribution in [0.5, 0.6) is 0 Å². The first-order valence-electron chi connectivity index (χ1n) is 9.21. The molecule has 0 radical (unpaired) electrons. The summed E-state index contributed by atoms with van der Waals surface area (Å²) in [6.07, 6.45) is 6.30. The third kappa shape index (κ3) is 3.43. The highest BCUT2D eigenvalue weighted by atomic mass is 16.2. The molecule has 3 rings (SSSR count). The number of rotatable bonds is 4. The molecule has 0 bridgehead atoms. The molecule has 0 aromatic carbocycles. The number of urea groups is 1. The van der Waals surface area contributed by atoms with Crippen molar-refractivity contribution in [3.05, 3.63) is 24.0 Å². The van der Waals surface area contributed by atoms with E-state index in [-0.39, 0.29) is 12.5 Å². The van der Waals surface area contributed by atoms with Crippen molar-refractivity contribution in [2.75, 3.05) is 11.9 Å². The van der Waals surface area contributed by atoms with E-state index >= 15 is 0 Å². The molecule has 7 heteroatoms. The van der Waals surface area contributed by atoms with E-state index in [0.717, 1.165) is 23.3 Å². The Morgan fingerprint density at radius 2 is 2.04 bits per heavy atom. The third-order valence-corrected chi connectivity index (χ3v) is 5.31. The summed E-state index contributed by atoms with van der Waals surface area (Å²) in [6.45, 7) is 5.90. The van der Waals surface area contributed by atoms with Crippen LogP contribution < -0.4 is 10.6 Å². The van der Waals surface area contributed by atoms with Crippen LogP contribution in [-0.4, -0.2) is 39.8 Å². The Balaban J connectivity index is 1.71. The lowest BCUT2D eigenvalue weighted by Crippen LogP contribution is -2.52. The first-order valence-corrected chi connectivity index (χ1v) is 9.21. The number of nitrogens with one attached hydrogen (secondary N) is 2. The number of carbonyl (C=O) groups is 3. The molecule has 1 aromatic heterocycles. The van der Waals surface area contributed by atoms with Crippen molar-refractivity contribution in [3.8, 4) is 0 Å². The minimum Gasteiger partial charge on any atom is -0.323 e. The second kappa shape index (κ2) is 7.05. The van der Waals surface area contributed by atoms with Gasteiger partial charge in [0, 0.05) is 6.20 Å². The van der Waals surface area contributed by atoms with E-state index in [2.05, 4.69) is 29.5 Å². The molecular weight excluding hydrogens is 332 g/mol. The normalized spacial score (nSPS) is 28.3. The number of pyridine rings is 1. The van der Waals surface area contributed by atoms with Crippen LogP contribution in [0.15, 0.2) is 18.5 Å². The molecule has 2 heterocycles. The summed E-state index contributed by atoms with van der Waals surface area (Å²) in [4.78, 5) is 42.8. The van der Waals surface area contributed by atoms with Gasteiger partial charge in [-0.15, -0.1) is 0 Å². The van der Waals surface area contributed by atoms with Crippen LogP contribution in [0.3, 0.4) is 0 Å². The van der Waals surface area contributed by atoms with Gasteiger partial charge in [-0.05, 0) is 49.1 Å². The van der Waals surface area contributed by atoms with Gasteiger partial charge in [0.1, 0.15) is 12.1 Å². The number of nitrogens with zero attached hydrogens (tertiary/aromatic N) is 2. The molecule has 2 fully saturated rings. The van der Waals surface area contributed by atoms with E-state index in [1.54, 1.807) is 12.4 Å². The maximum absolute atomic E-state index is 12.9. The zero-order valence-electron chi connectivity index (χ0n) is 15.5. The molecule has 1 aliphatic heterocycles. The molecule has 2 N–H and O–H groups in total. The summed E-state index contributed by atoms with van der Waals surface area (Å²) in [5.41, 5.74) is 0.718. The molecule has 2 atom stereocenters. The molecule has 2 unspecified atom stereocenters. The first kappa shape index (κ1) is 18.4. The number of carbonyl (C=O) groups excluding carboxylic acids is 3. The maximum Gasteiger partial charge on any atom is 0.325 e. The van der Waals surface area contributed by atoms with E-state index in [1.165, 1.54) is 0 Å². The molecule has 1 aromatic rings. The number of anilines is 1. The fourth-order valence-corrected chi connectivity index (χ4v) is 4.40. The van der Waals surface area contributed by atoms with Crippen LogP contribution in [0.4, 0.5) is 10.5 Å². The van der Waals surface area contributed by atoms with Gasteiger partial charge >= 0.3 is 6.03 Å². The van der Waals surface area contributed by atoms with E-state index < -0.39 is 17.5 Å². The zero-order chi connectivity index (χ0) is 18.9. The summed E-state index contributed by atoms with van der Waals surface area (Å²) in [6, 6.07) is 1.36. The molecule has 1 saturated carbocycles. The highest BCUT2D eigenvalue weighted by Crippen LogP contribution is 2.39. The Bertz CT molecular complexity index is 723. The Labute approximate surface area is 153 Å². The lowest BCUT2D eigenvalue weighted by atomic mass is 9.71. The van der Waals surface area contributed by atoms with Gasteiger partial charge in [0.25, 0.3) is 5.91 Å². The van der Waals surface area contributed by atoms with Gasteiger partial charge < -0.3 is 10.6 Å². The zero-order valence-corrected chi connectivity index (χ0v) is 15.5. The van der Waals surface area contributed by atoms with Gasteiger partial charge in [-0.1, -0.05) is 20.8 Å². The second-order valence-corrected chi connectivity index (χ2v) is 7.69. The molecular formula is C19H26N4O3. The maximum atomic E-state index is 12.9. The summed E-state index contributed by atoms with van der Waals surface area (Å²) in [5, 5.41) is 5.63. The Morgan fingerprint density at radius 1 is 1.35 bits per heavy atom. The molecule has 1 aliphatic carbocycles. The lowest BCUT2D eigenvalue weighted by Gasteiger charge is -2.37. The standard InChI is InChI=1S/C19H26N4O3/c1-4-14-5-6-20-10-15(14)21-16(24)11-23-17(25)19(22-18(23)26)8-12(2)7-13(3)9-19/h5-6,10,12-13H,4,7-9,11H2,1-3H3,(H,21,24)(H,22,26). The van der Waals surface area contributed by atoms with Crippen LogP contribution in [-0.2, 0) is 16.0 Å². The van der Waals surface area contributed by atoms with Gasteiger partial charge in [0.15, 0.2) is 0 Å². The average Bonchev–Trinajstić information content (AvgIpc) is 2.78. The number of aryl methyl sites for hydroxylation is 1. The SMILES string of the molecule is CCc1ccncc1NC(=O)CN1C(=O)NC2(CC(C)CC(C)C2)C1=O. The fraction of sp³-hybridized carbons (Fsp3) is 0.579. The minimum atomic E-state index is -0.850. The topological polar surface area (TPSA) is 91.4 Å². The van der Waals surface area contributed by atoms with Gasteiger partial charge in [0.05, 0.1) is 11.9 Å². The Hall–Kier alpha value is -2.44. The smallest absolute Gasteiger partial charge is 0.323 e. The minimum absolute atomic E-state index is 0.280. The number of hydrogen-bond acceptors (Lipinski definition) is 4. The Morgan fingerprint density at radius 3 is 2.69 bits per heavy atom. The van der Waals surface area contributed by atoms with Crippen molar-refractivity contribution in [2.45, 2.75) is 52.0 Å². The third-order valence-electron chi connectivity index (χ3n) is 5.31. The van der Waals surface area contributed by atoms with Crippen LogP contribution >= 0.6 is 0 Å². The largest absolute Gasteiger partial charge is 0.325 e. The number of imide groups is 1. The van der Waals surface area contributed by atoms with Crippen LogP contribution in [0, 0.1) is 11.8 Å². The van der Waals surface area contributed by atoms with E-state index in [9.17, 15) is 14.4 Å². The van der Waals surface area contributed by atoms with Gasteiger partial charge in [-0.2, -0.15) is 0 Å². The van der Waals surface area contributed by atoms with Crippen LogP contribution in [0.2, 0.25) is 0 Å². The van der Waals surface area contributed by atoms with E-state index in [4.69, 9.17) is 0 Å². The van der Waals surface area contributed by atoms with E-state index in [0.29, 0.717) is 30.4 Å². The van der Waals surface area contributed by atoms with Crippen molar-refractivity contribution in [2.24, 2.45) is 11.8 Å². The number of aromatic nitrogens is 1. The monoisotopic (exact) mass is 358 g/mol. The van der Waals surface area contributed by atoms with Crippen molar-refractivity contribution in [1.82, 2.24) is 15.2 Å². The quantitative estimate of drug-likeness (QED) is 0.808. The van der Waals surface area contributed by atoms with Gasteiger partial charge in [-0.25, -0.2) is 4.79 Å². The molecule has 7 nitrogen and oxygen atoms in total. The highest BCUT2D eigenvalue weighted by Gasteiger charge is 2.54. The van der Waals surface area contributed by atoms with Crippen LogP contribution in [0.25, 0.3) is 0 Å². The summed E-state index contributed by atoms with van der Waals surface area (Å²) >= 11 is 0. The number of amides is 4. The molecule has 26 heavy (non-hydrogen) atoms. The summed E-state index contributed by atoms with van der Waals surface area (Å²) in [5.74, 6) is 0.0432. The van der Waals surface area contributed by atoms with Gasteiger partial charge in [0.2, 0.25) is 5.91 Å². The van der Waals surface area contributed by atoms with Crippen molar-refractivity contribution >= 4 is 23.5 Å².